The largest absolute Gasteiger partial charge is 0.384 e. The van der Waals surface area contributed by atoms with Crippen LogP contribution >= 0.6 is 0 Å². The first-order chi connectivity index (χ1) is 6.21. The van der Waals surface area contributed by atoms with Crippen molar-refractivity contribution in [1.82, 2.24) is 10.3 Å². The first kappa shape index (κ1) is 8.66. The Morgan fingerprint density at radius 3 is 2.92 bits per heavy atom. The summed E-state index contributed by atoms with van der Waals surface area (Å²) in [6, 6.07) is 3.89. The Morgan fingerprint density at radius 2 is 2.38 bits per heavy atom. The van der Waals surface area contributed by atoms with Crippen LogP contribution in [-0.2, 0) is 5.60 Å². The van der Waals surface area contributed by atoms with Crippen molar-refractivity contribution in [2.75, 3.05) is 13.1 Å². The molecule has 1 aliphatic rings. The van der Waals surface area contributed by atoms with E-state index < -0.39 is 5.60 Å². The van der Waals surface area contributed by atoms with Crippen molar-refractivity contribution < 1.29 is 5.11 Å². The second-order valence-corrected chi connectivity index (χ2v) is 3.65. The van der Waals surface area contributed by atoms with Crippen LogP contribution in [0.15, 0.2) is 18.3 Å². The van der Waals surface area contributed by atoms with Gasteiger partial charge in [0.2, 0.25) is 0 Å². The fourth-order valence-corrected chi connectivity index (χ4v) is 1.67. The van der Waals surface area contributed by atoms with Crippen molar-refractivity contribution in [2.45, 2.75) is 18.9 Å². The topological polar surface area (TPSA) is 45.1 Å². The zero-order valence-electron chi connectivity index (χ0n) is 7.75. The Hall–Kier alpha value is -0.930. The van der Waals surface area contributed by atoms with Crippen LogP contribution in [-0.4, -0.2) is 23.2 Å². The van der Waals surface area contributed by atoms with E-state index in [9.17, 15) is 5.11 Å². The number of aromatic nitrogens is 1. The first-order valence-electron chi connectivity index (χ1n) is 4.57. The highest BCUT2D eigenvalue weighted by molar-refractivity contribution is 5.22. The highest BCUT2D eigenvalue weighted by atomic mass is 16.3. The molecule has 2 N–H and O–H groups in total. The third kappa shape index (κ3) is 1.57. The Bertz CT molecular complexity index is 288. The summed E-state index contributed by atoms with van der Waals surface area (Å²) in [6.07, 6.45) is 2.54. The number of hydrogen-bond acceptors (Lipinski definition) is 3. The zero-order valence-corrected chi connectivity index (χ0v) is 7.75. The lowest BCUT2D eigenvalue weighted by molar-refractivity contribution is 0.0584. The summed E-state index contributed by atoms with van der Waals surface area (Å²) < 4.78 is 0. The van der Waals surface area contributed by atoms with Crippen LogP contribution in [0.1, 0.15) is 17.7 Å². The number of nitrogens with one attached hydrogen (secondary N) is 1. The average molecular weight is 178 g/mol. The van der Waals surface area contributed by atoms with Crippen LogP contribution in [0.2, 0.25) is 0 Å². The number of pyridine rings is 1. The van der Waals surface area contributed by atoms with Gasteiger partial charge in [-0.3, -0.25) is 4.98 Å². The molecular formula is C10H14N2O. The van der Waals surface area contributed by atoms with Crippen LogP contribution in [0.5, 0.6) is 0 Å². The first-order valence-corrected chi connectivity index (χ1v) is 4.57. The third-order valence-corrected chi connectivity index (χ3v) is 2.58. The summed E-state index contributed by atoms with van der Waals surface area (Å²) in [5, 5.41) is 13.3. The summed E-state index contributed by atoms with van der Waals surface area (Å²) in [4.78, 5) is 4.18. The Morgan fingerprint density at radius 1 is 1.54 bits per heavy atom. The minimum atomic E-state index is -0.694. The minimum Gasteiger partial charge on any atom is -0.384 e. The van der Waals surface area contributed by atoms with Crippen molar-refractivity contribution in [3.63, 3.8) is 0 Å². The number of hydrogen-bond donors (Lipinski definition) is 2. The fourth-order valence-electron chi connectivity index (χ4n) is 1.67. The molecule has 1 aliphatic heterocycles. The smallest absolute Gasteiger partial charge is 0.105 e. The van der Waals surface area contributed by atoms with Crippen LogP contribution in [0, 0.1) is 6.92 Å². The van der Waals surface area contributed by atoms with E-state index in [1.807, 2.05) is 19.1 Å². The van der Waals surface area contributed by atoms with E-state index >= 15 is 0 Å². The highest BCUT2D eigenvalue weighted by Gasteiger charge is 2.32. The number of nitrogens with zero attached hydrogens (tertiary/aromatic N) is 1. The van der Waals surface area contributed by atoms with Crippen molar-refractivity contribution in [1.29, 1.82) is 0 Å². The second kappa shape index (κ2) is 3.09. The monoisotopic (exact) mass is 178 g/mol. The SMILES string of the molecule is Cc1ccc([C@@]2(O)CCNC2)cn1. The molecule has 1 aromatic rings. The lowest BCUT2D eigenvalue weighted by atomic mass is 9.94. The number of β-amino-alcohol motifs (C(OH)–C–C–N with tert-alkyl or cyclic N) is 1. The predicted molar refractivity (Wildman–Crippen MR) is 50.4 cm³/mol. The van der Waals surface area contributed by atoms with Crippen LogP contribution in [0.4, 0.5) is 0 Å². The fraction of sp³-hybridized carbons (Fsp3) is 0.500. The molecule has 0 aliphatic carbocycles. The molecule has 2 rings (SSSR count). The molecule has 0 unspecified atom stereocenters. The van der Waals surface area contributed by atoms with Crippen LogP contribution in [0.3, 0.4) is 0 Å². The lowest BCUT2D eigenvalue weighted by Crippen LogP contribution is -2.28. The number of aliphatic hydroxyl groups is 1. The molecule has 0 bridgehead atoms. The van der Waals surface area contributed by atoms with Gasteiger partial charge in [0.1, 0.15) is 5.60 Å². The molecule has 0 saturated carbocycles. The molecule has 1 aromatic heterocycles. The van der Waals surface area contributed by atoms with Crippen LogP contribution in [0.25, 0.3) is 0 Å². The van der Waals surface area contributed by atoms with Crippen LogP contribution < -0.4 is 5.32 Å². The summed E-state index contributed by atoms with van der Waals surface area (Å²) in [7, 11) is 0. The van der Waals surface area contributed by atoms with Gasteiger partial charge in [-0.25, -0.2) is 0 Å². The average Bonchev–Trinajstić information content (AvgIpc) is 2.54. The van der Waals surface area contributed by atoms with Crippen molar-refractivity contribution in [2.24, 2.45) is 0 Å². The maximum Gasteiger partial charge on any atom is 0.105 e. The molecule has 1 atom stereocenters. The Balaban J connectivity index is 2.29. The molecule has 1 saturated heterocycles. The Labute approximate surface area is 77.8 Å². The van der Waals surface area contributed by atoms with Gasteiger partial charge in [0, 0.05) is 24.0 Å². The molecule has 3 heteroatoms. The van der Waals surface area contributed by atoms with Crippen molar-refractivity contribution in [3.05, 3.63) is 29.6 Å². The Kier molecular flexibility index (Phi) is 2.06. The van der Waals surface area contributed by atoms with Gasteiger partial charge in [-0.15, -0.1) is 0 Å². The summed E-state index contributed by atoms with van der Waals surface area (Å²) in [6.45, 7) is 3.46. The molecule has 2 heterocycles. The molecule has 0 aromatic carbocycles. The van der Waals surface area contributed by atoms with E-state index in [4.69, 9.17) is 0 Å². The van der Waals surface area contributed by atoms with Gasteiger partial charge >= 0.3 is 0 Å². The number of rotatable bonds is 1. The molecule has 13 heavy (non-hydrogen) atoms. The normalized spacial score (nSPS) is 27.8. The molecule has 1 fully saturated rings. The standard InChI is InChI=1S/C10H14N2O/c1-8-2-3-9(6-12-8)10(13)4-5-11-7-10/h2-3,6,11,13H,4-5,7H2,1H3/t10-/m1/s1. The summed E-state index contributed by atoms with van der Waals surface area (Å²) in [5.41, 5.74) is 1.21. The molecule has 70 valence electrons. The van der Waals surface area contributed by atoms with E-state index in [0.717, 1.165) is 24.2 Å². The van der Waals surface area contributed by atoms with Gasteiger partial charge in [0.25, 0.3) is 0 Å². The third-order valence-electron chi connectivity index (χ3n) is 2.58. The van der Waals surface area contributed by atoms with E-state index in [-0.39, 0.29) is 0 Å². The summed E-state index contributed by atoms with van der Waals surface area (Å²) in [5.74, 6) is 0. The highest BCUT2D eigenvalue weighted by Crippen LogP contribution is 2.26. The molecule has 0 amide bonds. The molecular weight excluding hydrogens is 164 g/mol. The van der Waals surface area contributed by atoms with Crippen molar-refractivity contribution in [3.8, 4) is 0 Å². The van der Waals surface area contributed by atoms with Gasteiger partial charge in [-0.1, -0.05) is 6.07 Å². The van der Waals surface area contributed by atoms with Gasteiger partial charge in [-0.05, 0) is 26.0 Å². The maximum atomic E-state index is 10.2. The zero-order chi connectivity index (χ0) is 9.31. The quantitative estimate of drug-likeness (QED) is 0.661. The van der Waals surface area contributed by atoms with Crippen molar-refractivity contribution >= 4 is 0 Å². The van der Waals surface area contributed by atoms with Gasteiger partial charge in [0.15, 0.2) is 0 Å². The lowest BCUT2D eigenvalue weighted by Gasteiger charge is -2.21. The van der Waals surface area contributed by atoms with E-state index in [1.165, 1.54) is 0 Å². The molecule has 0 radical (unpaired) electrons. The summed E-state index contributed by atoms with van der Waals surface area (Å²) >= 11 is 0. The number of aryl methyl sites for hydroxylation is 1. The minimum absolute atomic E-state index is 0.637. The van der Waals surface area contributed by atoms with Gasteiger partial charge in [-0.2, -0.15) is 0 Å². The van der Waals surface area contributed by atoms with E-state index in [1.54, 1.807) is 6.20 Å². The molecule has 0 spiro atoms. The predicted octanol–water partition coefficient (Wildman–Crippen LogP) is 0.571. The van der Waals surface area contributed by atoms with E-state index in [0.29, 0.717) is 6.54 Å². The molecule has 3 nitrogen and oxygen atoms in total. The van der Waals surface area contributed by atoms with Gasteiger partial charge in [0.05, 0.1) is 0 Å². The second-order valence-electron chi connectivity index (χ2n) is 3.65. The maximum absolute atomic E-state index is 10.2. The van der Waals surface area contributed by atoms with Gasteiger partial charge < -0.3 is 10.4 Å². The van der Waals surface area contributed by atoms with E-state index in [2.05, 4.69) is 10.3 Å².